The Hall–Kier alpha value is -2.63. The van der Waals surface area contributed by atoms with Crippen LogP contribution in [0.4, 0.5) is 5.69 Å². The zero-order chi connectivity index (χ0) is 18.9. The molecule has 140 valence electrons. The number of anilines is 1. The maximum Gasteiger partial charge on any atom is 0.235 e. The summed E-state index contributed by atoms with van der Waals surface area (Å²) in [5.74, 6) is 1.30. The molecule has 27 heavy (non-hydrogen) atoms. The van der Waals surface area contributed by atoms with Gasteiger partial charge in [0.25, 0.3) is 0 Å². The third-order valence-electron chi connectivity index (χ3n) is 6.80. The van der Waals surface area contributed by atoms with E-state index in [1.807, 2.05) is 0 Å². The molecule has 6 rings (SSSR count). The maximum atomic E-state index is 13.1. The van der Waals surface area contributed by atoms with Crippen molar-refractivity contribution in [2.45, 2.75) is 13.3 Å². The summed E-state index contributed by atoms with van der Waals surface area (Å²) >= 11 is 0. The Balaban J connectivity index is 1.42. The van der Waals surface area contributed by atoms with E-state index in [9.17, 15) is 14.4 Å². The third-order valence-corrected chi connectivity index (χ3v) is 6.80. The average Bonchev–Trinajstić information content (AvgIpc) is 3.46. The number of carbonyl (C=O) groups excluding carboxylic acids is 3. The van der Waals surface area contributed by atoms with E-state index in [1.54, 1.807) is 31.4 Å². The fraction of sp³-hybridized carbons (Fsp3) is 0.476. The predicted octanol–water partition coefficient (Wildman–Crippen LogP) is 2.06. The summed E-state index contributed by atoms with van der Waals surface area (Å²) in [5.41, 5.74) is 0.641. The summed E-state index contributed by atoms with van der Waals surface area (Å²) in [4.78, 5) is 41.2. The van der Waals surface area contributed by atoms with Gasteiger partial charge < -0.3 is 4.74 Å². The smallest absolute Gasteiger partial charge is 0.235 e. The third kappa shape index (κ3) is 2.28. The lowest BCUT2D eigenvalue weighted by Gasteiger charge is -2.37. The molecule has 4 aliphatic carbocycles. The van der Waals surface area contributed by atoms with Crippen LogP contribution in [0.3, 0.4) is 0 Å². The monoisotopic (exact) mass is 366 g/mol. The minimum atomic E-state index is -0.235. The second kappa shape index (κ2) is 5.68. The van der Waals surface area contributed by atoms with Crippen LogP contribution in [0.15, 0.2) is 36.4 Å². The summed E-state index contributed by atoms with van der Waals surface area (Å²) in [6.07, 6.45) is 5.45. The number of likely N-dealkylation sites (tertiary alicyclic amines) is 1. The van der Waals surface area contributed by atoms with Gasteiger partial charge >= 0.3 is 0 Å². The van der Waals surface area contributed by atoms with E-state index in [1.165, 1.54) is 16.7 Å². The van der Waals surface area contributed by atoms with E-state index >= 15 is 0 Å². The van der Waals surface area contributed by atoms with Crippen LogP contribution < -0.4 is 9.64 Å². The first-order chi connectivity index (χ1) is 13.0. The number of nitrogens with zero attached hydrogens (tertiary/aromatic N) is 2. The summed E-state index contributed by atoms with van der Waals surface area (Å²) < 4.78 is 5.16. The van der Waals surface area contributed by atoms with Gasteiger partial charge in [0.05, 0.1) is 18.9 Å². The number of allylic oxidation sites excluding steroid dienone is 2. The molecule has 3 amide bonds. The Labute approximate surface area is 157 Å². The number of imide groups is 1. The van der Waals surface area contributed by atoms with Crippen LogP contribution in [0.1, 0.15) is 13.3 Å². The normalized spacial score (nSPS) is 35.1. The van der Waals surface area contributed by atoms with Crippen molar-refractivity contribution in [3.8, 4) is 5.75 Å². The zero-order valence-corrected chi connectivity index (χ0v) is 15.4. The van der Waals surface area contributed by atoms with Gasteiger partial charge in [-0.2, -0.15) is 0 Å². The number of methoxy groups -OCH3 is 1. The van der Waals surface area contributed by atoms with Gasteiger partial charge in [-0.25, -0.2) is 0 Å². The van der Waals surface area contributed by atoms with Gasteiger partial charge in [0.2, 0.25) is 17.7 Å². The topological polar surface area (TPSA) is 66.9 Å². The molecule has 1 aromatic rings. The number of ether oxygens (including phenoxy) is 1. The van der Waals surface area contributed by atoms with E-state index in [2.05, 4.69) is 12.2 Å². The maximum absolute atomic E-state index is 13.1. The quantitative estimate of drug-likeness (QED) is 0.604. The van der Waals surface area contributed by atoms with Crippen molar-refractivity contribution in [3.63, 3.8) is 0 Å². The van der Waals surface area contributed by atoms with Crippen molar-refractivity contribution in [1.29, 1.82) is 0 Å². The molecule has 0 spiro atoms. The number of benzene rings is 1. The molecule has 0 unspecified atom stereocenters. The van der Waals surface area contributed by atoms with Gasteiger partial charge in [-0.15, -0.1) is 0 Å². The Morgan fingerprint density at radius 3 is 2.11 bits per heavy atom. The lowest BCUT2D eigenvalue weighted by atomic mass is 9.63. The number of rotatable bonds is 4. The molecule has 1 saturated heterocycles. The van der Waals surface area contributed by atoms with Crippen LogP contribution in [0, 0.1) is 35.5 Å². The first kappa shape index (κ1) is 16.5. The summed E-state index contributed by atoms with van der Waals surface area (Å²) in [6.45, 7) is 1.42. The predicted molar refractivity (Wildman–Crippen MR) is 97.6 cm³/mol. The summed E-state index contributed by atoms with van der Waals surface area (Å²) in [5, 5.41) is 0. The Morgan fingerprint density at radius 1 is 1.07 bits per heavy atom. The minimum Gasteiger partial charge on any atom is -0.497 e. The standard InChI is InChI=1S/C21H22N2O4/c1-11(24)22(12-3-5-13(27-2)6-4-12)10-23-20(25)18-14-7-8-15(17-9-16(14)17)19(18)21(23)26/h3-8,14-19H,9-10H2,1-2H3/t14-,15-,16-,17-,18-,19+/m0/s1. The molecule has 1 aromatic carbocycles. The van der Waals surface area contributed by atoms with Crippen molar-refractivity contribution in [3.05, 3.63) is 36.4 Å². The van der Waals surface area contributed by atoms with Crippen molar-refractivity contribution in [2.75, 3.05) is 18.7 Å². The van der Waals surface area contributed by atoms with Crippen LogP contribution in [0.5, 0.6) is 5.75 Å². The lowest BCUT2D eigenvalue weighted by Crippen LogP contribution is -2.44. The number of amides is 3. The summed E-state index contributed by atoms with van der Waals surface area (Å²) in [7, 11) is 1.58. The largest absolute Gasteiger partial charge is 0.497 e. The second-order valence-electron chi connectivity index (χ2n) is 8.05. The molecule has 3 fully saturated rings. The molecule has 1 aliphatic heterocycles. The number of carbonyl (C=O) groups is 3. The van der Waals surface area contributed by atoms with E-state index in [0.717, 1.165) is 6.42 Å². The molecule has 6 nitrogen and oxygen atoms in total. The van der Waals surface area contributed by atoms with Crippen LogP contribution in [-0.4, -0.2) is 36.4 Å². The van der Waals surface area contributed by atoms with Gasteiger partial charge in [0, 0.05) is 12.6 Å². The van der Waals surface area contributed by atoms with E-state index in [-0.39, 0.29) is 48.1 Å². The SMILES string of the molecule is COc1ccc(N(CN2C(=O)[C@@H]3[C@H]4C=C[C@@H]([C@@H]5C[C@@H]45)[C@@H]3C2=O)C(C)=O)cc1. The van der Waals surface area contributed by atoms with Crippen LogP contribution in [0.2, 0.25) is 0 Å². The van der Waals surface area contributed by atoms with Crippen molar-refractivity contribution >= 4 is 23.4 Å². The molecule has 2 bridgehead atoms. The second-order valence-corrected chi connectivity index (χ2v) is 8.05. The van der Waals surface area contributed by atoms with Crippen molar-refractivity contribution < 1.29 is 19.1 Å². The molecular formula is C21H22N2O4. The average molecular weight is 366 g/mol. The summed E-state index contributed by atoms with van der Waals surface area (Å²) in [6, 6.07) is 7.05. The van der Waals surface area contributed by atoms with Crippen LogP contribution in [0.25, 0.3) is 0 Å². The molecular weight excluding hydrogens is 344 g/mol. The van der Waals surface area contributed by atoms with Gasteiger partial charge in [0.15, 0.2) is 0 Å². The highest BCUT2D eigenvalue weighted by Gasteiger charge is 2.67. The Bertz CT molecular complexity index is 825. The van der Waals surface area contributed by atoms with E-state index in [0.29, 0.717) is 23.3 Å². The first-order valence-corrected chi connectivity index (χ1v) is 9.47. The molecule has 0 N–H and O–H groups in total. The van der Waals surface area contributed by atoms with Gasteiger partial charge in [0.1, 0.15) is 12.4 Å². The van der Waals surface area contributed by atoms with E-state index < -0.39 is 0 Å². The van der Waals surface area contributed by atoms with Gasteiger partial charge in [-0.3, -0.25) is 24.2 Å². The fourth-order valence-electron chi connectivity index (χ4n) is 5.42. The molecule has 0 aromatic heterocycles. The number of hydrogen-bond donors (Lipinski definition) is 0. The van der Waals surface area contributed by atoms with E-state index in [4.69, 9.17) is 4.74 Å². The fourth-order valence-corrected chi connectivity index (χ4v) is 5.42. The van der Waals surface area contributed by atoms with Gasteiger partial charge in [-0.05, 0) is 54.4 Å². The highest BCUT2D eigenvalue weighted by Crippen LogP contribution is 2.65. The molecule has 5 aliphatic rings. The highest BCUT2D eigenvalue weighted by molar-refractivity contribution is 6.07. The number of hydrogen-bond acceptors (Lipinski definition) is 4. The zero-order valence-electron chi connectivity index (χ0n) is 15.4. The van der Waals surface area contributed by atoms with Crippen molar-refractivity contribution in [2.24, 2.45) is 35.5 Å². The van der Waals surface area contributed by atoms with Crippen molar-refractivity contribution in [1.82, 2.24) is 4.90 Å². The van der Waals surface area contributed by atoms with Crippen LogP contribution >= 0.6 is 0 Å². The van der Waals surface area contributed by atoms with Gasteiger partial charge in [-0.1, -0.05) is 12.2 Å². The Morgan fingerprint density at radius 2 is 1.63 bits per heavy atom. The highest BCUT2D eigenvalue weighted by atomic mass is 16.5. The minimum absolute atomic E-state index is 0.0267. The molecule has 6 atom stereocenters. The molecule has 1 heterocycles. The lowest BCUT2D eigenvalue weighted by molar-refractivity contribution is -0.140. The van der Waals surface area contributed by atoms with Crippen LogP contribution in [-0.2, 0) is 14.4 Å². The molecule has 2 saturated carbocycles. The molecule has 6 heteroatoms. The Kier molecular flexibility index (Phi) is 3.48. The first-order valence-electron chi connectivity index (χ1n) is 9.47. The molecule has 0 radical (unpaired) electrons.